The van der Waals surface area contributed by atoms with Gasteiger partial charge in [-0.3, -0.25) is 4.79 Å². The minimum atomic E-state index is -0.168. The zero-order valence-electron chi connectivity index (χ0n) is 19.6. The van der Waals surface area contributed by atoms with E-state index in [1.807, 2.05) is 11.9 Å². The Kier molecular flexibility index (Phi) is 11.0. The Morgan fingerprint density at radius 1 is 1.30 bits per heavy atom. The molecule has 0 aromatic heterocycles. The fourth-order valence-corrected chi connectivity index (χ4v) is 4.53. The van der Waals surface area contributed by atoms with Crippen LogP contribution in [0, 0.1) is 12.8 Å². The number of aldehydes is 2. The maximum absolute atomic E-state index is 12.9. The Morgan fingerprint density at radius 3 is 2.50 bits per heavy atom. The molecular formula is C25H40N2O3. The van der Waals surface area contributed by atoms with Crippen LogP contribution >= 0.6 is 0 Å². The van der Waals surface area contributed by atoms with E-state index in [1.54, 1.807) is 0 Å². The molecule has 0 saturated carbocycles. The number of carbonyl (C=O) groups is 3. The molecule has 0 aliphatic carbocycles. The molecule has 1 fully saturated rings. The van der Waals surface area contributed by atoms with Crippen molar-refractivity contribution >= 4 is 18.5 Å². The maximum Gasteiger partial charge on any atom is 0.223 e. The van der Waals surface area contributed by atoms with Crippen molar-refractivity contribution in [3.05, 3.63) is 35.4 Å². The second-order valence-corrected chi connectivity index (χ2v) is 8.91. The molecule has 1 aromatic carbocycles. The number of hydrogen-bond donors (Lipinski definition) is 1. The molecule has 1 aliphatic rings. The number of likely N-dealkylation sites (tertiary alicyclic amines) is 1. The van der Waals surface area contributed by atoms with Gasteiger partial charge in [0.15, 0.2) is 0 Å². The van der Waals surface area contributed by atoms with E-state index in [9.17, 15) is 9.59 Å². The minimum absolute atomic E-state index is 0.0146. The zero-order chi connectivity index (χ0) is 22.7. The number of benzene rings is 1. The van der Waals surface area contributed by atoms with E-state index in [-0.39, 0.29) is 23.3 Å². The van der Waals surface area contributed by atoms with Gasteiger partial charge in [-0.25, -0.2) is 0 Å². The summed E-state index contributed by atoms with van der Waals surface area (Å²) < 4.78 is 0. The van der Waals surface area contributed by atoms with Crippen LogP contribution in [0.4, 0.5) is 0 Å². The van der Waals surface area contributed by atoms with E-state index in [1.165, 1.54) is 18.1 Å². The number of nitrogens with zero attached hydrogens (tertiary/aromatic N) is 1. The molecule has 1 heterocycles. The van der Waals surface area contributed by atoms with Crippen molar-refractivity contribution in [2.24, 2.45) is 5.92 Å². The van der Waals surface area contributed by atoms with Crippen LogP contribution in [0.25, 0.3) is 0 Å². The highest BCUT2D eigenvalue weighted by Gasteiger charge is 2.42. The third-order valence-corrected chi connectivity index (χ3v) is 6.25. The van der Waals surface area contributed by atoms with Crippen LogP contribution in [0.3, 0.4) is 0 Å². The molecule has 0 spiro atoms. The zero-order valence-corrected chi connectivity index (χ0v) is 19.6. The Labute approximate surface area is 182 Å². The van der Waals surface area contributed by atoms with Crippen molar-refractivity contribution < 1.29 is 14.4 Å². The number of amides is 1. The van der Waals surface area contributed by atoms with Crippen LogP contribution in [0.15, 0.2) is 24.3 Å². The lowest BCUT2D eigenvalue weighted by molar-refractivity contribution is -0.134. The van der Waals surface area contributed by atoms with Gasteiger partial charge in [0, 0.05) is 36.4 Å². The van der Waals surface area contributed by atoms with Crippen molar-refractivity contribution in [3.8, 4) is 0 Å². The molecule has 1 aliphatic heterocycles. The van der Waals surface area contributed by atoms with Gasteiger partial charge < -0.3 is 19.8 Å². The van der Waals surface area contributed by atoms with E-state index in [0.717, 1.165) is 44.8 Å². The molecule has 1 N–H and O–H groups in total. The first-order chi connectivity index (χ1) is 14.2. The summed E-state index contributed by atoms with van der Waals surface area (Å²) in [5.74, 6) is -0.0438. The van der Waals surface area contributed by atoms with Crippen molar-refractivity contribution in [1.29, 1.82) is 0 Å². The van der Waals surface area contributed by atoms with Crippen LogP contribution < -0.4 is 5.32 Å². The van der Waals surface area contributed by atoms with Gasteiger partial charge in [-0.05, 0) is 65.1 Å². The number of aryl methyl sites for hydroxylation is 1. The lowest BCUT2D eigenvalue weighted by atomic mass is 9.78. The number of nitrogens with one attached hydrogen (secondary N) is 1. The molecule has 4 atom stereocenters. The molecule has 1 amide bonds. The second kappa shape index (κ2) is 12.6. The standard InChI is InChI=1S/C23H36N2O2.C2H4O/c1-17-9-6-7-12-21(17)23(4)14-19(3)25(16-23)22(27)13-20(15-26)11-8-10-18(2)24-5;1-2-3/h6-7,9,12,15,18-20,24H,8,10-11,13-14,16H2,1-5H3;2H,1H3. The summed E-state index contributed by atoms with van der Waals surface area (Å²) in [6.45, 7) is 10.9. The molecule has 168 valence electrons. The van der Waals surface area contributed by atoms with Crippen LogP contribution in [0.1, 0.15) is 70.9 Å². The Bertz CT molecular complexity index is 691. The van der Waals surface area contributed by atoms with Gasteiger partial charge in [0.1, 0.15) is 12.6 Å². The van der Waals surface area contributed by atoms with Crippen LogP contribution in [-0.4, -0.2) is 49.1 Å². The Balaban J connectivity index is 0.00000141. The lowest BCUT2D eigenvalue weighted by Gasteiger charge is -2.27. The molecule has 2 rings (SSSR count). The monoisotopic (exact) mass is 416 g/mol. The summed E-state index contributed by atoms with van der Waals surface area (Å²) >= 11 is 0. The summed E-state index contributed by atoms with van der Waals surface area (Å²) in [6, 6.07) is 9.13. The van der Waals surface area contributed by atoms with Gasteiger partial charge in [-0.2, -0.15) is 0 Å². The molecule has 0 bridgehead atoms. The molecular weight excluding hydrogens is 376 g/mol. The summed E-state index contributed by atoms with van der Waals surface area (Å²) in [5, 5.41) is 3.21. The molecule has 1 aromatic rings. The molecule has 0 radical (unpaired) electrons. The Hall–Kier alpha value is -2.01. The highest BCUT2D eigenvalue weighted by molar-refractivity contribution is 5.80. The van der Waals surface area contributed by atoms with Crippen LogP contribution in [0.2, 0.25) is 0 Å². The molecule has 5 heteroatoms. The van der Waals surface area contributed by atoms with Gasteiger partial charge in [-0.1, -0.05) is 37.6 Å². The van der Waals surface area contributed by atoms with Gasteiger partial charge in [-0.15, -0.1) is 0 Å². The highest BCUT2D eigenvalue weighted by atomic mass is 16.2. The first-order valence-corrected chi connectivity index (χ1v) is 11.1. The SMILES string of the molecule is CC=O.CNC(C)CCCC(C=O)CC(=O)N1CC(C)(c2ccccc2C)CC1C. The summed E-state index contributed by atoms with van der Waals surface area (Å²) in [7, 11) is 1.95. The topological polar surface area (TPSA) is 66.5 Å². The third-order valence-electron chi connectivity index (χ3n) is 6.25. The molecule has 30 heavy (non-hydrogen) atoms. The number of hydrogen-bond acceptors (Lipinski definition) is 4. The van der Waals surface area contributed by atoms with Gasteiger partial charge in [0.2, 0.25) is 5.91 Å². The smallest absolute Gasteiger partial charge is 0.223 e. The number of rotatable bonds is 9. The second-order valence-electron chi connectivity index (χ2n) is 8.91. The molecule has 4 unspecified atom stereocenters. The maximum atomic E-state index is 12.9. The third kappa shape index (κ3) is 7.35. The largest absolute Gasteiger partial charge is 0.339 e. The van der Waals surface area contributed by atoms with E-state index < -0.39 is 0 Å². The average molecular weight is 417 g/mol. The van der Waals surface area contributed by atoms with Gasteiger partial charge in [0.05, 0.1) is 0 Å². The fraction of sp³-hybridized carbons (Fsp3) is 0.640. The summed E-state index contributed by atoms with van der Waals surface area (Å²) in [5.41, 5.74) is 2.60. The first kappa shape index (κ1) is 26.0. The predicted octanol–water partition coefficient (Wildman–Crippen LogP) is 4.06. The Morgan fingerprint density at radius 2 is 1.93 bits per heavy atom. The summed E-state index contributed by atoms with van der Waals surface area (Å²) in [6.07, 6.45) is 5.82. The van der Waals surface area contributed by atoms with Crippen molar-refractivity contribution in [2.45, 2.75) is 84.2 Å². The lowest BCUT2D eigenvalue weighted by Crippen LogP contribution is -2.37. The van der Waals surface area contributed by atoms with Gasteiger partial charge >= 0.3 is 0 Å². The van der Waals surface area contributed by atoms with Crippen molar-refractivity contribution in [2.75, 3.05) is 13.6 Å². The van der Waals surface area contributed by atoms with E-state index in [4.69, 9.17) is 4.79 Å². The van der Waals surface area contributed by atoms with Crippen molar-refractivity contribution in [3.63, 3.8) is 0 Å². The van der Waals surface area contributed by atoms with E-state index >= 15 is 0 Å². The quantitative estimate of drug-likeness (QED) is 0.617. The van der Waals surface area contributed by atoms with E-state index in [0.29, 0.717) is 12.5 Å². The van der Waals surface area contributed by atoms with Crippen LogP contribution in [-0.2, 0) is 19.8 Å². The normalized spacial score (nSPS) is 22.6. The molecule has 5 nitrogen and oxygen atoms in total. The molecule has 1 saturated heterocycles. The summed E-state index contributed by atoms with van der Waals surface area (Å²) in [4.78, 5) is 35.2. The first-order valence-electron chi connectivity index (χ1n) is 11.1. The van der Waals surface area contributed by atoms with E-state index in [2.05, 4.69) is 57.3 Å². The average Bonchev–Trinajstić information content (AvgIpc) is 3.03. The minimum Gasteiger partial charge on any atom is -0.339 e. The highest BCUT2D eigenvalue weighted by Crippen LogP contribution is 2.39. The predicted molar refractivity (Wildman–Crippen MR) is 123 cm³/mol. The van der Waals surface area contributed by atoms with Crippen LogP contribution in [0.5, 0.6) is 0 Å². The fourth-order valence-electron chi connectivity index (χ4n) is 4.53. The van der Waals surface area contributed by atoms with Gasteiger partial charge in [0.25, 0.3) is 0 Å². The number of carbonyl (C=O) groups excluding carboxylic acids is 3. The van der Waals surface area contributed by atoms with Crippen molar-refractivity contribution in [1.82, 2.24) is 10.2 Å².